The molecule has 0 aliphatic rings. The number of anilines is 1. The molecule has 6 nitrogen and oxygen atoms in total. The van der Waals surface area contributed by atoms with Crippen LogP contribution in [0.2, 0.25) is 0 Å². The number of fused-ring (bicyclic) bond motifs is 1. The topological polar surface area (TPSA) is 86.8 Å². The maximum absolute atomic E-state index is 5.97. The van der Waals surface area contributed by atoms with Gasteiger partial charge in [-0.15, -0.1) is 0 Å². The normalized spacial score (nSPS) is 10.7. The third kappa shape index (κ3) is 2.23. The lowest BCUT2D eigenvalue weighted by Crippen LogP contribution is -1.99. The van der Waals surface area contributed by atoms with Gasteiger partial charge in [0.1, 0.15) is 28.4 Å². The average molecular weight is 285 g/mol. The monoisotopic (exact) mass is 285 g/mol. The van der Waals surface area contributed by atoms with Gasteiger partial charge in [-0.25, -0.2) is 15.0 Å². The highest BCUT2D eigenvalue weighted by atomic mass is 32.2. The standard InChI is InChI=1S/C13H11N5OS/c1-19-11-10(14)13(18-7-16-11)20-12-8-4-2-3-5-9(8)15-6-17-12/h2-7H,14H2,1H3. The summed E-state index contributed by atoms with van der Waals surface area (Å²) in [5.41, 5.74) is 7.26. The van der Waals surface area contributed by atoms with E-state index in [1.54, 1.807) is 0 Å². The van der Waals surface area contributed by atoms with Crippen molar-refractivity contribution in [1.82, 2.24) is 19.9 Å². The summed E-state index contributed by atoms with van der Waals surface area (Å²) >= 11 is 1.37. The maximum atomic E-state index is 5.97. The molecule has 0 bridgehead atoms. The van der Waals surface area contributed by atoms with Gasteiger partial charge >= 0.3 is 0 Å². The number of hydrogen-bond acceptors (Lipinski definition) is 7. The van der Waals surface area contributed by atoms with Gasteiger partial charge in [-0.05, 0) is 17.8 Å². The molecule has 20 heavy (non-hydrogen) atoms. The molecule has 1 aromatic carbocycles. The Labute approximate surface area is 119 Å². The van der Waals surface area contributed by atoms with Crippen LogP contribution in [0.15, 0.2) is 47.0 Å². The van der Waals surface area contributed by atoms with Gasteiger partial charge in [0.25, 0.3) is 0 Å². The molecular formula is C13H11N5OS. The molecule has 7 heteroatoms. The van der Waals surface area contributed by atoms with Gasteiger partial charge in [0, 0.05) is 5.39 Å². The number of nitrogens with two attached hydrogens (primary N) is 1. The van der Waals surface area contributed by atoms with Gasteiger partial charge in [-0.1, -0.05) is 18.2 Å². The van der Waals surface area contributed by atoms with Crippen LogP contribution >= 0.6 is 11.8 Å². The van der Waals surface area contributed by atoms with E-state index < -0.39 is 0 Å². The summed E-state index contributed by atoms with van der Waals surface area (Å²) < 4.78 is 5.09. The Morgan fingerprint density at radius 2 is 1.75 bits per heavy atom. The van der Waals surface area contributed by atoms with Crippen molar-refractivity contribution in [2.45, 2.75) is 10.1 Å². The van der Waals surface area contributed by atoms with E-state index in [4.69, 9.17) is 10.5 Å². The van der Waals surface area contributed by atoms with Crippen molar-refractivity contribution in [3.8, 4) is 5.88 Å². The van der Waals surface area contributed by atoms with Crippen LogP contribution < -0.4 is 10.5 Å². The number of methoxy groups -OCH3 is 1. The van der Waals surface area contributed by atoms with Gasteiger partial charge in [0.05, 0.1) is 12.6 Å². The first-order chi connectivity index (χ1) is 9.79. The molecule has 3 rings (SSSR count). The molecule has 0 unspecified atom stereocenters. The van der Waals surface area contributed by atoms with E-state index in [9.17, 15) is 0 Å². The number of hydrogen-bond donors (Lipinski definition) is 1. The minimum atomic E-state index is 0.362. The second kappa shape index (κ2) is 5.30. The Kier molecular flexibility index (Phi) is 3.34. The maximum Gasteiger partial charge on any atom is 0.241 e. The second-order valence-electron chi connectivity index (χ2n) is 3.90. The molecule has 0 saturated heterocycles. The zero-order valence-corrected chi connectivity index (χ0v) is 11.5. The predicted octanol–water partition coefficient (Wildman–Crippen LogP) is 2.16. The predicted molar refractivity (Wildman–Crippen MR) is 76.7 cm³/mol. The minimum Gasteiger partial charge on any atom is -0.479 e. The van der Waals surface area contributed by atoms with Crippen LogP contribution in [0.25, 0.3) is 10.9 Å². The number of nitrogens with zero attached hydrogens (tertiary/aromatic N) is 4. The van der Waals surface area contributed by atoms with Crippen LogP contribution in [0.1, 0.15) is 0 Å². The Morgan fingerprint density at radius 3 is 2.60 bits per heavy atom. The Hall–Kier alpha value is -2.41. The molecule has 2 heterocycles. The quantitative estimate of drug-likeness (QED) is 0.738. The van der Waals surface area contributed by atoms with E-state index in [2.05, 4.69) is 19.9 Å². The zero-order chi connectivity index (χ0) is 13.9. The first-order valence-electron chi connectivity index (χ1n) is 5.81. The molecular weight excluding hydrogens is 274 g/mol. The Morgan fingerprint density at radius 1 is 1.00 bits per heavy atom. The third-order valence-electron chi connectivity index (χ3n) is 2.70. The number of para-hydroxylation sites is 1. The number of aromatic nitrogens is 4. The van der Waals surface area contributed by atoms with E-state index in [0.717, 1.165) is 15.9 Å². The molecule has 0 radical (unpaired) electrons. The van der Waals surface area contributed by atoms with Crippen molar-refractivity contribution in [2.24, 2.45) is 0 Å². The van der Waals surface area contributed by atoms with E-state index in [0.29, 0.717) is 16.6 Å². The zero-order valence-electron chi connectivity index (χ0n) is 10.6. The number of rotatable bonds is 3. The lowest BCUT2D eigenvalue weighted by atomic mass is 10.2. The van der Waals surface area contributed by atoms with Crippen LogP contribution in [0, 0.1) is 0 Å². The third-order valence-corrected chi connectivity index (χ3v) is 3.74. The molecule has 2 aromatic heterocycles. The van der Waals surface area contributed by atoms with Crippen molar-refractivity contribution in [1.29, 1.82) is 0 Å². The van der Waals surface area contributed by atoms with Crippen LogP contribution in [0.3, 0.4) is 0 Å². The molecule has 2 N–H and O–H groups in total. The number of ether oxygens (including phenoxy) is 1. The van der Waals surface area contributed by atoms with Gasteiger partial charge in [-0.2, -0.15) is 4.98 Å². The highest BCUT2D eigenvalue weighted by molar-refractivity contribution is 7.99. The summed E-state index contributed by atoms with van der Waals surface area (Å²) in [5, 5.41) is 2.36. The summed E-state index contributed by atoms with van der Waals surface area (Å²) in [6.45, 7) is 0. The van der Waals surface area contributed by atoms with Gasteiger partial charge in [-0.3, -0.25) is 0 Å². The molecule has 0 amide bonds. The summed E-state index contributed by atoms with van der Waals surface area (Å²) in [6.07, 6.45) is 2.94. The Bertz CT molecular complexity index is 759. The fourth-order valence-electron chi connectivity index (χ4n) is 1.76. The first-order valence-corrected chi connectivity index (χ1v) is 6.63. The van der Waals surface area contributed by atoms with E-state index in [1.807, 2.05) is 24.3 Å². The number of benzene rings is 1. The minimum absolute atomic E-state index is 0.362. The van der Waals surface area contributed by atoms with E-state index >= 15 is 0 Å². The molecule has 3 aromatic rings. The largest absolute Gasteiger partial charge is 0.479 e. The highest BCUT2D eigenvalue weighted by Gasteiger charge is 2.12. The summed E-state index contributed by atoms with van der Waals surface area (Å²) in [5.74, 6) is 0.362. The molecule has 0 atom stereocenters. The molecule has 0 fully saturated rings. The lowest BCUT2D eigenvalue weighted by molar-refractivity contribution is 0.397. The van der Waals surface area contributed by atoms with Crippen molar-refractivity contribution in [3.05, 3.63) is 36.9 Å². The molecule has 0 saturated carbocycles. The molecule has 0 aliphatic carbocycles. The molecule has 0 aliphatic heterocycles. The van der Waals surface area contributed by atoms with Crippen LogP contribution in [0.4, 0.5) is 5.69 Å². The van der Waals surface area contributed by atoms with Crippen molar-refractivity contribution >= 4 is 28.4 Å². The van der Waals surface area contributed by atoms with Gasteiger partial charge in [0.15, 0.2) is 0 Å². The fourth-order valence-corrected chi connectivity index (χ4v) is 2.62. The SMILES string of the molecule is COc1ncnc(Sc2ncnc3ccccc23)c1N. The summed E-state index contributed by atoms with van der Waals surface area (Å²) in [4.78, 5) is 16.7. The van der Waals surface area contributed by atoms with Crippen LogP contribution in [0.5, 0.6) is 5.88 Å². The van der Waals surface area contributed by atoms with Crippen LogP contribution in [-0.2, 0) is 0 Å². The molecule has 0 spiro atoms. The van der Waals surface area contributed by atoms with Crippen LogP contribution in [-0.4, -0.2) is 27.0 Å². The van der Waals surface area contributed by atoms with Crippen molar-refractivity contribution < 1.29 is 4.74 Å². The van der Waals surface area contributed by atoms with Crippen molar-refractivity contribution in [2.75, 3.05) is 12.8 Å². The first kappa shape index (κ1) is 12.6. The second-order valence-corrected chi connectivity index (χ2v) is 4.88. The average Bonchev–Trinajstić information content (AvgIpc) is 2.50. The Balaban J connectivity index is 2.06. The highest BCUT2D eigenvalue weighted by Crippen LogP contribution is 2.35. The van der Waals surface area contributed by atoms with E-state index in [-0.39, 0.29) is 0 Å². The molecule has 100 valence electrons. The van der Waals surface area contributed by atoms with Gasteiger partial charge in [0.2, 0.25) is 5.88 Å². The fraction of sp³-hybridized carbons (Fsp3) is 0.0769. The van der Waals surface area contributed by atoms with E-state index in [1.165, 1.54) is 31.5 Å². The summed E-state index contributed by atoms with van der Waals surface area (Å²) in [6, 6.07) is 7.78. The van der Waals surface area contributed by atoms with Crippen molar-refractivity contribution in [3.63, 3.8) is 0 Å². The smallest absolute Gasteiger partial charge is 0.241 e. The summed E-state index contributed by atoms with van der Waals surface area (Å²) in [7, 11) is 1.52. The van der Waals surface area contributed by atoms with Gasteiger partial charge < -0.3 is 10.5 Å². The number of nitrogen functional groups attached to an aromatic ring is 1. The lowest BCUT2D eigenvalue weighted by Gasteiger charge is -2.08.